The fourth-order valence-electron chi connectivity index (χ4n) is 3.04. The number of halogens is 1. The van der Waals surface area contributed by atoms with Gasteiger partial charge in [-0.15, -0.1) is 11.3 Å². The number of aromatic nitrogens is 3. The van der Waals surface area contributed by atoms with Crippen molar-refractivity contribution in [1.29, 1.82) is 0 Å². The number of likely N-dealkylation sites (N-methyl/N-ethyl adjacent to an activating group) is 1. The van der Waals surface area contributed by atoms with Crippen molar-refractivity contribution in [2.24, 2.45) is 0 Å². The van der Waals surface area contributed by atoms with Crippen LogP contribution in [0.4, 0.5) is 0 Å². The average molecular weight is 469 g/mol. The Bertz CT molecular complexity index is 1190. The van der Waals surface area contributed by atoms with Gasteiger partial charge in [-0.25, -0.2) is 9.97 Å². The first kappa shape index (κ1) is 21.6. The molecule has 0 atom stereocenters. The molecule has 4 aromatic rings. The van der Waals surface area contributed by atoms with Crippen LogP contribution in [-0.4, -0.2) is 39.4 Å². The monoisotopic (exact) mass is 468 g/mol. The van der Waals surface area contributed by atoms with Gasteiger partial charge in [-0.1, -0.05) is 59.8 Å². The van der Waals surface area contributed by atoms with Gasteiger partial charge in [-0.2, -0.15) is 0 Å². The predicted octanol–water partition coefficient (Wildman–Crippen LogP) is 5.57. The number of carbonyl (C=O) groups is 1. The molecule has 8 heteroatoms. The van der Waals surface area contributed by atoms with Gasteiger partial charge in [-0.3, -0.25) is 9.36 Å². The van der Waals surface area contributed by atoms with E-state index in [0.29, 0.717) is 17.2 Å². The van der Waals surface area contributed by atoms with E-state index in [1.807, 2.05) is 54.0 Å². The molecule has 0 N–H and O–H groups in total. The minimum absolute atomic E-state index is 0.0533. The van der Waals surface area contributed by atoms with Gasteiger partial charge in [-0.05, 0) is 18.2 Å². The molecule has 2 aromatic carbocycles. The molecule has 0 saturated carbocycles. The van der Waals surface area contributed by atoms with Crippen molar-refractivity contribution in [2.75, 3.05) is 14.1 Å². The molecule has 0 fully saturated rings. The third-order valence-electron chi connectivity index (χ3n) is 4.62. The lowest BCUT2D eigenvalue weighted by molar-refractivity contribution is -0.127. The molecule has 158 valence electrons. The maximum Gasteiger partial charge on any atom is 0.228 e. The van der Waals surface area contributed by atoms with Crippen molar-refractivity contribution in [1.82, 2.24) is 19.4 Å². The van der Waals surface area contributed by atoms with Crippen molar-refractivity contribution in [3.63, 3.8) is 0 Å². The zero-order valence-corrected chi connectivity index (χ0v) is 19.5. The van der Waals surface area contributed by atoms with E-state index in [0.717, 1.165) is 32.8 Å². The smallest absolute Gasteiger partial charge is 0.228 e. The highest BCUT2D eigenvalue weighted by atomic mass is 35.5. The first-order valence-electron chi connectivity index (χ1n) is 9.66. The second-order valence-corrected chi connectivity index (χ2v) is 9.42. The third kappa shape index (κ3) is 5.18. The lowest BCUT2D eigenvalue weighted by atomic mass is 10.1. The molecular formula is C23H21ClN4OS2. The van der Waals surface area contributed by atoms with Crippen LogP contribution < -0.4 is 0 Å². The van der Waals surface area contributed by atoms with Crippen molar-refractivity contribution in [3.05, 3.63) is 81.9 Å². The number of hydrogen-bond acceptors (Lipinski definition) is 5. The normalized spacial score (nSPS) is 10.9. The molecule has 1 amide bonds. The second kappa shape index (κ2) is 9.68. The molecule has 5 nitrogen and oxygen atoms in total. The van der Waals surface area contributed by atoms with Crippen LogP contribution >= 0.6 is 34.7 Å². The Balaban J connectivity index is 1.60. The van der Waals surface area contributed by atoms with Crippen LogP contribution in [0.25, 0.3) is 16.9 Å². The number of nitrogens with zero attached hydrogens (tertiary/aromatic N) is 4. The summed E-state index contributed by atoms with van der Waals surface area (Å²) in [7, 11) is 3.51. The van der Waals surface area contributed by atoms with Crippen molar-refractivity contribution in [2.45, 2.75) is 17.3 Å². The minimum Gasteiger partial charge on any atom is -0.348 e. The van der Waals surface area contributed by atoms with Gasteiger partial charge in [0.05, 0.1) is 24.0 Å². The van der Waals surface area contributed by atoms with E-state index in [1.54, 1.807) is 30.8 Å². The van der Waals surface area contributed by atoms with Crippen LogP contribution in [0.3, 0.4) is 0 Å². The molecule has 0 aliphatic rings. The van der Waals surface area contributed by atoms with Crippen LogP contribution in [-0.2, 0) is 17.0 Å². The summed E-state index contributed by atoms with van der Waals surface area (Å²) >= 11 is 9.40. The molecule has 0 bridgehead atoms. The molecule has 2 heterocycles. The van der Waals surface area contributed by atoms with Gasteiger partial charge in [0.2, 0.25) is 5.91 Å². The Morgan fingerprint density at radius 2 is 1.97 bits per heavy atom. The first-order valence-corrected chi connectivity index (χ1v) is 11.9. The lowest BCUT2D eigenvalue weighted by Gasteiger charge is -2.12. The van der Waals surface area contributed by atoms with Crippen molar-refractivity contribution >= 4 is 40.6 Å². The van der Waals surface area contributed by atoms with Crippen LogP contribution in [0, 0.1) is 0 Å². The lowest BCUT2D eigenvalue weighted by Crippen LogP contribution is -2.23. The maximum absolute atomic E-state index is 11.9. The summed E-state index contributed by atoms with van der Waals surface area (Å²) in [5.74, 6) is 0.718. The van der Waals surface area contributed by atoms with Crippen LogP contribution in [0.15, 0.2) is 71.3 Å². The number of imidazole rings is 1. The van der Waals surface area contributed by atoms with E-state index in [9.17, 15) is 4.79 Å². The summed E-state index contributed by atoms with van der Waals surface area (Å²) in [4.78, 5) is 22.8. The Labute approximate surface area is 194 Å². The molecular weight excluding hydrogens is 448 g/mol. The van der Waals surface area contributed by atoms with Gasteiger partial charge in [0.1, 0.15) is 5.01 Å². The van der Waals surface area contributed by atoms with Crippen molar-refractivity contribution in [3.8, 4) is 16.9 Å². The minimum atomic E-state index is 0.0533. The van der Waals surface area contributed by atoms with Gasteiger partial charge < -0.3 is 4.90 Å². The zero-order valence-electron chi connectivity index (χ0n) is 17.2. The highest BCUT2D eigenvalue weighted by Crippen LogP contribution is 2.32. The van der Waals surface area contributed by atoms with Crippen LogP contribution in [0.2, 0.25) is 5.02 Å². The summed E-state index contributed by atoms with van der Waals surface area (Å²) in [6, 6.07) is 17.9. The Morgan fingerprint density at radius 3 is 2.71 bits per heavy atom. The van der Waals surface area contributed by atoms with Gasteiger partial charge in [0, 0.05) is 41.5 Å². The number of carbonyl (C=O) groups excluding carboxylic acids is 1. The summed E-state index contributed by atoms with van der Waals surface area (Å²) < 4.78 is 2.12. The molecule has 2 aromatic heterocycles. The van der Waals surface area contributed by atoms with E-state index >= 15 is 0 Å². The fraction of sp³-hybridized carbons (Fsp3) is 0.174. The highest BCUT2D eigenvalue weighted by molar-refractivity contribution is 7.98. The number of thioether (sulfide) groups is 1. The average Bonchev–Trinajstić information content (AvgIpc) is 3.39. The van der Waals surface area contributed by atoms with Crippen LogP contribution in [0.1, 0.15) is 10.7 Å². The standard InChI is InChI=1S/C23H21ClN4OS2/c1-27(2)22(29)12-21-26-18(14-30-21)15-31-23-25-13-20(16-7-4-3-5-8-16)28(23)19-10-6-9-17(24)11-19/h3-11,13-14H,12,15H2,1-2H3. The van der Waals surface area contributed by atoms with Gasteiger partial charge in [0.15, 0.2) is 5.16 Å². The van der Waals surface area contributed by atoms with E-state index in [-0.39, 0.29) is 5.91 Å². The Kier molecular flexibility index (Phi) is 6.75. The SMILES string of the molecule is CN(C)C(=O)Cc1nc(CSc2ncc(-c3ccccc3)n2-c2cccc(Cl)c2)cs1. The summed E-state index contributed by atoms with van der Waals surface area (Å²) in [6.45, 7) is 0. The second-order valence-electron chi connectivity index (χ2n) is 7.09. The summed E-state index contributed by atoms with van der Waals surface area (Å²) in [6.07, 6.45) is 2.22. The van der Waals surface area contributed by atoms with E-state index in [1.165, 1.54) is 11.3 Å². The highest BCUT2D eigenvalue weighted by Gasteiger charge is 2.16. The number of benzene rings is 2. The maximum atomic E-state index is 11.9. The van der Waals surface area contributed by atoms with Crippen molar-refractivity contribution < 1.29 is 4.79 Å². The summed E-state index contributed by atoms with van der Waals surface area (Å²) in [5, 5.41) is 4.38. The Morgan fingerprint density at radius 1 is 1.16 bits per heavy atom. The van der Waals surface area contributed by atoms with Gasteiger partial charge >= 0.3 is 0 Å². The van der Waals surface area contributed by atoms with E-state index in [4.69, 9.17) is 11.6 Å². The van der Waals surface area contributed by atoms with E-state index < -0.39 is 0 Å². The third-order valence-corrected chi connectivity index (χ3v) is 6.73. The fourth-order valence-corrected chi connectivity index (χ4v) is 5.00. The number of thiazole rings is 1. The number of hydrogen-bond donors (Lipinski definition) is 0. The predicted molar refractivity (Wildman–Crippen MR) is 128 cm³/mol. The first-order chi connectivity index (χ1) is 15.0. The molecule has 0 radical (unpaired) electrons. The molecule has 31 heavy (non-hydrogen) atoms. The summed E-state index contributed by atoms with van der Waals surface area (Å²) in [5.41, 5.74) is 3.99. The molecule has 0 unspecified atom stereocenters. The molecule has 0 saturated heterocycles. The van der Waals surface area contributed by atoms with Crippen LogP contribution in [0.5, 0.6) is 0 Å². The number of rotatable bonds is 7. The molecule has 0 aliphatic carbocycles. The van der Waals surface area contributed by atoms with Gasteiger partial charge in [0.25, 0.3) is 0 Å². The largest absolute Gasteiger partial charge is 0.348 e. The molecule has 0 spiro atoms. The van der Waals surface area contributed by atoms with E-state index in [2.05, 4.69) is 26.7 Å². The zero-order chi connectivity index (χ0) is 21.8. The topological polar surface area (TPSA) is 51.0 Å². The number of amides is 1. The molecule has 0 aliphatic heterocycles. The molecule has 4 rings (SSSR count). The quantitative estimate of drug-likeness (QED) is 0.332. The Hall–Kier alpha value is -2.61.